The van der Waals surface area contributed by atoms with E-state index in [4.69, 9.17) is 9.52 Å². The fourth-order valence-electron chi connectivity index (χ4n) is 1.90. The molecule has 0 saturated carbocycles. The molecule has 110 valence electrons. The molecule has 5 nitrogen and oxygen atoms in total. The van der Waals surface area contributed by atoms with Gasteiger partial charge >= 0.3 is 5.97 Å². The van der Waals surface area contributed by atoms with Crippen molar-refractivity contribution in [3.63, 3.8) is 0 Å². The molecule has 0 spiro atoms. The predicted molar refractivity (Wildman–Crippen MR) is 78.1 cm³/mol. The van der Waals surface area contributed by atoms with E-state index in [0.29, 0.717) is 12.2 Å². The number of rotatable bonds is 5. The lowest BCUT2D eigenvalue weighted by Crippen LogP contribution is -2.40. The first kappa shape index (κ1) is 14.8. The number of hydrogen-bond acceptors (Lipinski definition) is 3. The van der Waals surface area contributed by atoms with E-state index in [0.717, 1.165) is 11.1 Å². The molecular formula is C16H17NO4. The van der Waals surface area contributed by atoms with Gasteiger partial charge in [0.15, 0.2) is 5.76 Å². The number of carboxylic acids is 1. The number of nitrogens with one attached hydrogen (secondary N) is 1. The molecule has 0 unspecified atom stereocenters. The topological polar surface area (TPSA) is 79.5 Å². The molecule has 2 rings (SSSR count). The Kier molecular flexibility index (Phi) is 4.42. The standard InChI is InChI=1S/C16H17NO4/c1-3-12(16(19)20)17-15(18)14-9-8-13(21-14)11-6-4-10(2)5-7-11/h4-9,12H,3H2,1-2H3,(H,17,18)(H,19,20)/t12-/m0/s1. The summed E-state index contributed by atoms with van der Waals surface area (Å²) in [5, 5.41) is 11.4. The molecule has 2 aromatic rings. The number of carboxylic acid groups (broad SMARTS) is 1. The average molecular weight is 287 g/mol. The van der Waals surface area contributed by atoms with Crippen molar-refractivity contribution in [2.75, 3.05) is 0 Å². The summed E-state index contributed by atoms with van der Waals surface area (Å²) in [6.45, 7) is 3.68. The lowest BCUT2D eigenvalue weighted by molar-refractivity contribution is -0.139. The largest absolute Gasteiger partial charge is 0.480 e. The molecule has 0 aliphatic heterocycles. The molecule has 1 aromatic carbocycles. The zero-order valence-corrected chi connectivity index (χ0v) is 11.9. The van der Waals surface area contributed by atoms with Gasteiger partial charge < -0.3 is 14.8 Å². The van der Waals surface area contributed by atoms with Crippen molar-refractivity contribution in [3.8, 4) is 11.3 Å². The van der Waals surface area contributed by atoms with Crippen molar-refractivity contribution < 1.29 is 19.1 Å². The Morgan fingerprint density at radius 1 is 1.19 bits per heavy atom. The Balaban J connectivity index is 2.14. The predicted octanol–water partition coefficient (Wildman–Crippen LogP) is 2.85. The van der Waals surface area contributed by atoms with Crippen molar-refractivity contribution in [1.82, 2.24) is 5.32 Å². The number of furan rings is 1. The van der Waals surface area contributed by atoms with Gasteiger partial charge in [0.2, 0.25) is 0 Å². The minimum Gasteiger partial charge on any atom is -0.480 e. The van der Waals surface area contributed by atoms with Crippen LogP contribution in [0.1, 0.15) is 29.5 Å². The van der Waals surface area contributed by atoms with Gasteiger partial charge in [0.1, 0.15) is 11.8 Å². The normalized spacial score (nSPS) is 11.9. The van der Waals surface area contributed by atoms with Crippen LogP contribution in [0, 0.1) is 6.92 Å². The molecule has 21 heavy (non-hydrogen) atoms. The fraction of sp³-hybridized carbons (Fsp3) is 0.250. The summed E-state index contributed by atoms with van der Waals surface area (Å²) in [5.41, 5.74) is 2.00. The van der Waals surface area contributed by atoms with E-state index in [2.05, 4.69) is 5.32 Å². The van der Waals surface area contributed by atoms with E-state index in [9.17, 15) is 9.59 Å². The van der Waals surface area contributed by atoms with Gasteiger partial charge in [0, 0.05) is 5.56 Å². The molecule has 0 bridgehead atoms. The molecule has 1 aromatic heterocycles. The second-order valence-corrected chi connectivity index (χ2v) is 4.80. The summed E-state index contributed by atoms with van der Waals surface area (Å²) in [5.74, 6) is -0.910. The fourth-order valence-corrected chi connectivity index (χ4v) is 1.90. The maximum Gasteiger partial charge on any atom is 0.326 e. The van der Waals surface area contributed by atoms with Crippen molar-refractivity contribution in [3.05, 3.63) is 47.7 Å². The quantitative estimate of drug-likeness (QED) is 0.886. The third-order valence-corrected chi connectivity index (χ3v) is 3.18. The zero-order valence-electron chi connectivity index (χ0n) is 11.9. The number of benzene rings is 1. The Morgan fingerprint density at radius 2 is 1.86 bits per heavy atom. The Bertz CT molecular complexity index is 643. The minimum atomic E-state index is -1.06. The van der Waals surface area contributed by atoms with Crippen molar-refractivity contribution in [2.45, 2.75) is 26.3 Å². The molecule has 0 aliphatic carbocycles. The molecule has 0 aliphatic rings. The van der Waals surface area contributed by atoms with Crippen LogP contribution in [0.25, 0.3) is 11.3 Å². The van der Waals surface area contributed by atoms with E-state index < -0.39 is 17.9 Å². The van der Waals surface area contributed by atoms with E-state index in [1.54, 1.807) is 19.1 Å². The average Bonchev–Trinajstić information content (AvgIpc) is 2.94. The first-order chi connectivity index (χ1) is 10.0. The van der Waals surface area contributed by atoms with Gasteiger partial charge in [-0.15, -0.1) is 0 Å². The van der Waals surface area contributed by atoms with Gasteiger partial charge in [-0.05, 0) is 25.5 Å². The van der Waals surface area contributed by atoms with Crippen molar-refractivity contribution >= 4 is 11.9 Å². The van der Waals surface area contributed by atoms with Crippen molar-refractivity contribution in [2.24, 2.45) is 0 Å². The molecule has 0 saturated heterocycles. The van der Waals surface area contributed by atoms with E-state index in [1.165, 1.54) is 0 Å². The number of aryl methyl sites for hydroxylation is 1. The van der Waals surface area contributed by atoms with Gasteiger partial charge in [0.05, 0.1) is 0 Å². The first-order valence-electron chi connectivity index (χ1n) is 6.71. The van der Waals surface area contributed by atoms with Crippen LogP contribution in [0.15, 0.2) is 40.8 Å². The van der Waals surface area contributed by atoms with Gasteiger partial charge in [-0.2, -0.15) is 0 Å². The second-order valence-electron chi connectivity index (χ2n) is 4.80. The molecule has 0 radical (unpaired) electrons. The number of hydrogen-bond donors (Lipinski definition) is 2. The maximum atomic E-state index is 11.9. The molecular weight excluding hydrogens is 270 g/mol. The molecule has 5 heteroatoms. The summed E-state index contributed by atoms with van der Waals surface area (Å²) in [6.07, 6.45) is 0.312. The van der Waals surface area contributed by atoms with Crippen LogP contribution in [0.3, 0.4) is 0 Å². The van der Waals surface area contributed by atoms with Crippen LogP contribution in [0.2, 0.25) is 0 Å². The van der Waals surface area contributed by atoms with Crippen LogP contribution >= 0.6 is 0 Å². The van der Waals surface area contributed by atoms with E-state index in [-0.39, 0.29) is 5.76 Å². The number of aliphatic carboxylic acids is 1. The Hall–Kier alpha value is -2.56. The minimum absolute atomic E-state index is 0.102. The number of carbonyl (C=O) groups excluding carboxylic acids is 1. The molecule has 0 fully saturated rings. The highest BCUT2D eigenvalue weighted by molar-refractivity contribution is 5.94. The van der Waals surface area contributed by atoms with Crippen LogP contribution in [-0.4, -0.2) is 23.0 Å². The SMILES string of the molecule is CC[C@H](NC(=O)c1ccc(-c2ccc(C)cc2)o1)C(=O)O. The van der Waals surface area contributed by atoms with Gasteiger partial charge in [-0.25, -0.2) is 4.79 Å². The lowest BCUT2D eigenvalue weighted by Gasteiger charge is -2.10. The summed E-state index contributed by atoms with van der Waals surface area (Å²) < 4.78 is 5.49. The molecule has 1 amide bonds. The Labute approximate surface area is 122 Å². The van der Waals surface area contributed by atoms with Crippen LogP contribution < -0.4 is 5.32 Å². The van der Waals surface area contributed by atoms with Crippen LogP contribution in [0.4, 0.5) is 0 Å². The first-order valence-corrected chi connectivity index (χ1v) is 6.71. The highest BCUT2D eigenvalue weighted by Crippen LogP contribution is 2.22. The summed E-state index contributed by atoms with van der Waals surface area (Å²) >= 11 is 0. The van der Waals surface area contributed by atoms with E-state index in [1.807, 2.05) is 31.2 Å². The second kappa shape index (κ2) is 6.26. The van der Waals surface area contributed by atoms with Gasteiger partial charge in [-0.3, -0.25) is 4.79 Å². The highest BCUT2D eigenvalue weighted by Gasteiger charge is 2.20. The monoisotopic (exact) mass is 287 g/mol. The zero-order chi connectivity index (χ0) is 15.4. The lowest BCUT2D eigenvalue weighted by atomic mass is 10.1. The van der Waals surface area contributed by atoms with Gasteiger partial charge in [-0.1, -0.05) is 36.8 Å². The van der Waals surface area contributed by atoms with Gasteiger partial charge in [0.25, 0.3) is 5.91 Å². The van der Waals surface area contributed by atoms with Crippen molar-refractivity contribution in [1.29, 1.82) is 0 Å². The summed E-state index contributed by atoms with van der Waals surface area (Å²) in [4.78, 5) is 22.9. The molecule has 1 atom stereocenters. The third-order valence-electron chi connectivity index (χ3n) is 3.18. The smallest absolute Gasteiger partial charge is 0.326 e. The summed E-state index contributed by atoms with van der Waals surface area (Å²) in [7, 11) is 0. The van der Waals surface area contributed by atoms with Crippen LogP contribution in [-0.2, 0) is 4.79 Å². The third kappa shape index (κ3) is 3.51. The number of amides is 1. The van der Waals surface area contributed by atoms with E-state index >= 15 is 0 Å². The molecule has 1 heterocycles. The molecule has 2 N–H and O–H groups in total. The maximum absolute atomic E-state index is 11.9. The number of carbonyl (C=O) groups is 2. The van der Waals surface area contributed by atoms with Crippen LogP contribution in [0.5, 0.6) is 0 Å². The summed E-state index contributed by atoms with van der Waals surface area (Å²) in [6, 6.07) is 10.0. The highest BCUT2D eigenvalue weighted by atomic mass is 16.4. The Morgan fingerprint density at radius 3 is 2.43 bits per heavy atom.